The normalized spacial score (nSPS) is 14.9. The molecule has 0 unspecified atom stereocenters. The number of fused-ring (bicyclic) bond motifs is 1. The topological polar surface area (TPSA) is 76.0 Å². The molecule has 1 atom stereocenters. The first kappa shape index (κ1) is 20.1. The molecule has 1 aromatic carbocycles. The minimum atomic E-state index is -0.324. The predicted octanol–water partition coefficient (Wildman–Crippen LogP) is 3.68. The summed E-state index contributed by atoms with van der Waals surface area (Å²) in [6, 6.07) is 9.44. The fourth-order valence-corrected chi connectivity index (χ4v) is 4.11. The Balaban J connectivity index is 1.79. The van der Waals surface area contributed by atoms with Crippen molar-refractivity contribution in [3.8, 4) is 0 Å². The van der Waals surface area contributed by atoms with Gasteiger partial charge in [0.05, 0.1) is 28.2 Å². The maximum Gasteiger partial charge on any atom is 0.278 e. The van der Waals surface area contributed by atoms with E-state index in [1.165, 1.54) is 16.8 Å². The van der Waals surface area contributed by atoms with Gasteiger partial charge in [-0.1, -0.05) is 18.6 Å². The highest BCUT2D eigenvalue weighted by atomic mass is 19.1. The number of benzene rings is 1. The third-order valence-electron chi connectivity index (χ3n) is 5.83. The van der Waals surface area contributed by atoms with Gasteiger partial charge in [-0.05, 0) is 62.4 Å². The number of carbonyl (C=O) groups is 1. The Bertz CT molecular complexity index is 1150. The fourth-order valence-electron chi connectivity index (χ4n) is 4.11. The molecule has 0 spiro atoms. The van der Waals surface area contributed by atoms with Crippen LogP contribution in [0.25, 0.3) is 10.9 Å². The Morgan fingerprint density at radius 1 is 1.30 bits per heavy atom. The average Bonchev–Trinajstić information content (AvgIpc) is 2.69. The summed E-state index contributed by atoms with van der Waals surface area (Å²) in [4.78, 5) is 30.7. The van der Waals surface area contributed by atoms with Crippen molar-refractivity contribution in [2.75, 3.05) is 12.0 Å². The Kier molecular flexibility index (Phi) is 5.53. The third-order valence-corrected chi connectivity index (χ3v) is 5.83. The van der Waals surface area contributed by atoms with Gasteiger partial charge in [0.15, 0.2) is 0 Å². The van der Waals surface area contributed by atoms with Crippen molar-refractivity contribution in [1.82, 2.24) is 15.0 Å². The van der Waals surface area contributed by atoms with Crippen LogP contribution in [0, 0.1) is 18.7 Å². The first-order chi connectivity index (χ1) is 14.5. The van der Waals surface area contributed by atoms with Crippen LogP contribution in [0.2, 0.25) is 0 Å². The van der Waals surface area contributed by atoms with Crippen molar-refractivity contribution >= 4 is 16.8 Å². The molecule has 2 N–H and O–H groups in total. The lowest BCUT2D eigenvalue weighted by Crippen LogP contribution is -2.39. The van der Waals surface area contributed by atoms with Gasteiger partial charge in [-0.25, -0.2) is 9.07 Å². The van der Waals surface area contributed by atoms with Crippen LogP contribution >= 0.6 is 0 Å². The summed E-state index contributed by atoms with van der Waals surface area (Å²) in [6.07, 6.45) is 4.64. The van der Waals surface area contributed by atoms with Crippen LogP contribution in [0.5, 0.6) is 0 Å². The summed E-state index contributed by atoms with van der Waals surface area (Å²) in [5, 5.41) is 3.49. The molecule has 1 amide bonds. The molecule has 2 aromatic heterocycles. The first-order valence-corrected chi connectivity index (χ1v) is 10.3. The second-order valence-electron chi connectivity index (χ2n) is 7.71. The van der Waals surface area contributed by atoms with Crippen molar-refractivity contribution in [2.24, 2.45) is 5.92 Å². The zero-order chi connectivity index (χ0) is 21.3. The van der Waals surface area contributed by atoms with Gasteiger partial charge in [0, 0.05) is 12.7 Å². The highest BCUT2D eigenvalue weighted by Gasteiger charge is 2.31. The van der Waals surface area contributed by atoms with Crippen molar-refractivity contribution in [3.05, 3.63) is 75.6 Å². The maximum atomic E-state index is 13.9. The summed E-state index contributed by atoms with van der Waals surface area (Å²) in [6.45, 7) is 4.14. The molecule has 0 bridgehead atoms. The second kappa shape index (κ2) is 8.26. The number of halogens is 1. The van der Waals surface area contributed by atoms with Gasteiger partial charge < -0.3 is 10.7 Å². The van der Waals surface area contributed by atoms with Crippen molar-refractivity contribution in [3.63, 3.8) is 0 Å². The zero-order valence-corrected chi connectivity index (χ0v) is 17.1. The van der Waals surface area contributed by atoms with Gasteiger partial charge in [0.25, 0.3) is 11.5 Å². The summed E-state index contributed by atoms with van der Waals surface area (Å²) >= 11 is 0. The highest BCUT2D eigenvalue weighted by Crippen LogP contribution is 2.38. The van der Waals surface area contributed by atoms with Gasteiger partial charge >= 0.3 is 0 Å². The molecule has 0 saturated heterocycles. The molecule has 0 aliphatic heterocycles. The van der Waals surface area contributed by atoms with Crippen LogP contribution in [-0.2, 0) is 0 Å². The summed E-state index contributed by atoms with van der Waals surface area (Å²) in [5.41, 5.74) is 4.75. The first-order valence-electron chi connectivity index (χ1n) is 10.3. The van der Waals surface area contributed by atoms with Crippen LogP contribution in [0.1, 0.15) is 53.8 Å². The number of hydrogen-bond donors (Lipinski definition) is 2. The molecule has 1 fully saturated rings. The number of carbonyl (C=O) groups excluding carboxylic acids is 1. The minimum Gasteiger partial charge on any atom is -0.345 e. The number of pyridine rings is 2. The smallest absolute Gasteiger partial charge is 0.278 e. The molecular weight excluding hydrogens is 383 g/mol. The summed E-state index contributed by atoms with van der Waals surface area (Å²) in [5.74, 6) is -0.381. The molecule has 0 radical (unpaired) electrons. The third kappa shape index (κ3) is 3.56. The maximum absolute atomic E-state index is 13.9. The molecule has 1 aliphatic carbocycles. The average molecular weight is 408 g/mol. The summed E-state index contributed by atoms with van der Waals surface area (Å²) < 4.78 is 15.3. The quantitative estimate of drug-likeness (QED) is 0.652. The van der Waals surface area contributed by atoms with Crippen LogP contribution in [-0.4, -0.2) is 22.1 Å². The van der Waals surface area contributed by atoms with E-state index in [0.717, 1.165) is 24.8 Å². The lowest BCUT2D eigenvalue weighted by Gasteiger charge is -2.35. The number of rotatable bonds is 6. The monoisotopic (exact) mass is 408 g/mol. The Labute approximate surface area is 174 Å². The van der Waals surface area contributed by atoms with Crippen molar-refractivity contribution < 1.29 is 9.18 Å². The lowest BCUT2D eigenvalue weighted by molar-refractivity contribution is 0.0900. The number of hydrogen-bond acceptors (Lipinski definition) is 4. The molecular formula is C23H25FN4O2. The van der Waals surface area contributed by atoms with Crippen molar-refractivity contribution in [1.29, 1.82) is 0 Å². The van der Waals surface area contributed by atoms with E-state index in [2.05, 4.69) is 15.7 Å². The van der Waals surface area contributed by atoms with Gasteiger partial charge in [-0.3, -0.25) is 14.6 Å². The number of aromatic nitrogens is 2. The van der Waals surface area contributed by atoms with Crippen LogP contribution in [0.15, 0.2) is 47.4 Å². The second-order valence-corrected chi connectivity index (χ2v) is 7.71. The molecule has 3 aromatic rings. The van der Waals surface area contributed by atoms with E-state index < -0.39 is 0 Å². The number of amides is 1. The zero-order valence-electron chi connectivity index (χ0n) is 17.1. The van der Waals surface area contributed by atoms with E-state index >= 15 is 0 Å². The molecule has 1 saturated carbocycles. The Morgan fingerprint density at radius 2 is 2.10 bits per heavy atom. The molecule has 6 nitrogen and oxygen atoms in total. The van der Waals surface area contributed by atoms with Gasteiger partial charge in [-0.15, -0.1) is 0 Å². The van der Waals surface area contributed by atoms with Crippen molar-refractivity contribution in [2.45, 2.75) is 39.2 Å². The molecule has 1 aliphatic rings. The van der Waals surface area contributed by atoms with E-state index in [1.807, 2.05) is 13.0 Å². The Hall–Kier alpha value is -3.22. The largest absolute Gasteiger partial charge is 0.345 e. The van der Waals surface area contributed by atoms with E-state index in [0.29, 0.717) is 28.7 Å². The van der Waals surface area contributed by atoms with E-state index in [1.54, 1.807) is 31.3 Å². The standard InChI is InChI=1S/C23H25FN4O2/c1-3-26-28-14(2)19(21-18(23(28)30)11-6-12-25-21)22(29)27-20(15-7-4-8-15)16-9-5-10-17(24)13-16/h5-6,9-13,15,20,26H,3-4,7-8H2,1-2H3,(H,27,29)/t20-/m0/s1. The number of nitrogens with one attached hydrogen (secondary N) is 2. The van der Waals surface area contributed by atoms with Gasteiger partial charge in [0.2, 0.25) is 0 Å². The molecule has 156 valence electrons. The van der Waals surface area contributed by atoms with Crippen LogP contribution in [0.3, 0.4) is 0 Å². The predicted molar refractivity (Wildman–Crippen MR) is 115 cm³/mol. The molecule has 7 heteroatoms. The summed E-state index contributed by atoms with van der Waals surface area (Å²) in [7, 11) is 0. The van der Waals surface area contributed by atoms with Crippen LogP contribution in [0.4, 0.5) is 4.39 Å². The fraction of sp³-hybridized carbons (Fsp3) is 0.348. The van der Waals surface area contributed by atoms with Crippen LogP contribution < -0.4 is 16.3 Å². The van der Waals surface area contributed by atoms with E-state index in [4.69, 9.17) is 0 Å². The highest BCUT2D eigenvalue weighted by molar-refractivity contribution is 6.06. The minimum absolute atomic E-state index is 0.241. The van der Waals surface area contributed by atoms with E-state index in [9.17, 15) is 14.0 Å². The SMILES string of the molecule is CCNn1c(C)c(C(=O)N[C@H](c2cccc(F)c2)C2CCC2)c2ncccc2c1=O. The molecule has 30 heavy (non-hydrogen) atoms. The number of nitrogens with zero attached hydrogens (tertiary/aromatic N) is 2. The van der Waals surface area contributed by atoms with Gasteiger partial charge in [0.1, 0.15) is 5.82 Å². The van der Waals surface area contributed by atoms with E-state index in [-0.39, 0.29) is 29.2 Å². The van der Waals surface area contributed by atoms with Gasteiger partial charge in [-0.2, -0.15) is 0 Å². The molecule has 2 heterocycles. The lowest BCUT2D eigenvalue weighted by atomic mass is 9.77. The molecule has 4 rings (SSSR count). The Morgan fingerprint density at radius 3 is 2.77 bits per heavy atom.